The summed E-state index contributed by atoms with van der Waals surface area (Å²) in [5.41, 5.74) is 3.49. The fraction of sp³-hybridized carbons (Fsp3) is 0.263. The average molecular weight is 338 g/mol. The van der Waals surface area contributed by atoms with Gasteiger partial charge in [0.2, 0.25) is 0 Å². The predicted molar refractivity (Wildman–Crippen MR) is 100 cm³/mol. The Labute approximate surface area is 147 Å². The van der Waals surface area contributed by atoms with Gasteiger partial charge in [-0.1, -0.05) is 37.6 Å². The van der Waals surface area contributed by atoms with E-state index >= 15 is 0 Å². The Bertz CT molecular complexity index is 776. The third-order valence-electron chi connectivity index (χ3n) is 4.03. The van der Waals surface area contributed by atoms with Crippen molar-refractivity contribution < 1.29 is 9.59 Å². The molecule has 3 rings (SSSR count). The third kappa shape index (κ3) is 4.09. The molecule has 0 atom stereocenters. The second-order valence-corrected chi connectivity index (χ2v) is 5.93. The Balaban J connectivity index is 1.64. The van der Waals surface area contributed by atoms with Gasteiger partial charge in [-0.15, -0.1) is 0 Å². The number of carbonyl (C=O) groups is 2. The normalized spacial score (nSPS) is 12.8. The smallest absolute Gasteiger partial charge is 0.330 e. The van der Waals surface area contributed by atoms with Crippen LogP contribution in [0.4, 0.5) is 26.7 Å². The van der Waals surface area contributed by atoms with Crippen molar-refractivity contribution in [2.75, 3.05) is 28.6 Å². The van der Waals surface area contributed by atoms with Crippen molar-refractivity contribution in [3.8, 4) is 0 Å². The number of carbonyl (C=O) groups excluding carboxylic acids is 2. The van der Waals surface area contributed by atoms with Crippen LogP contribution in [-0.2, 0) is 6.42 Å². The first-order valence-corrected chi connectivity index (χ1v) is 8.48. The lowest BCUT2D eigenvalue weighted by Crippen LogP contribution is -2.48. The zero-order chi connectivity index (χ0) is 17.6. The van der Waals surface area contributed by atoms with Crippen molar-refractivity contribution in [1.29, 1.82) is 0 Å². The number of amides is 4. The number of aryl methyl sites for hydroxylation is 1. The Morgan fingerprint density at radius 3 is 2.84 bits per heavy atom. The van der Waals surface area contributed by atoms with E-state index in [1.807, 2.05) is 48.5 Å². The molecule has 0 radical (unpaired) electrons. The van der Waals surface area contributed by atoms with Crippen molar-refractivity contribution in [1.82, 2.24) is 5.32 Å². The summed E-state index contributed by atoms with van der Waals surface area (Å²) in [5.74, 6) is 0. The Morgan fingerprint density at radius 2 is 2.00 bits per heavy atom. The number of imide groups is 1. The average Bonchev–Trinajstić information content (AvgIpc) is 2.61. The van der Waals surface area contributed by atoms with Gasteiger partial charge >= 0.3 is 12.1 Å². The van der Waals surface area contributed by atoms with Crippen LogP contribution in [0.5, 0.6) is 0 Å². The minimum absolute atomic E-state index is 0.434. The maximum absolute atomic E-state index is 12.5. The van der Waals surface area contributed by atoms with Crippen LogP contribution in [0.3, 0.4) is 0 Å². The minimum atomic E-state index is -0.533. The number of para-hydroxylation sites is 2. The zero-order valence-corrected chi connectivity index (χ0v) is 14.2. The monoisotopic (exact) mass is 338 g/mol. The van der Waals surface area contributed by atoms with Crippen LogP contribution >= 0.6 is 0 Å². The molecule has 4 amide bonds. The Kier molecular flexibility index (Phi) is 5.18. The largest absolute Gasteiger partial charge is 0.382 e. The highest BCUT2D eigenvalue weighted by molar-refractivity contribution is 6.07. The summed E-state index contributed by atoms with van der Waals surface area (Å²) in [6, 6.07) is 14.2. The number of urea groups is 2. The van der Waals surface area contributed by atoms with E-state index in [-0.39, 0.29) is 0 Å². The molecule has 0 unspecified atom stereocenters. The number of hydrogen-bond donors (Lipinski definition) is 3. The van der Waals surface area contributed by atoms with Crippen LogP contribution in [0, 0.1) is 0 Å². The summed E-state index contributed by atoms with van der Waals surface area (Å²) in [6.45, 7) is 3.25. The Hall–Kier alpha value is -3.02. The lowest BCUT2D eigenvalue weighted by molar-refractivity contribution is 0.236. The van der Waals surface area contributed by atoms with E-state index in [4.69, 9.17) is 0 Å². The molecule has 0 bridgehead atoms. The van der Waals surface area contributed by atoms with Crippen LogP contribution in [0.25, 0.3) is 0 Å². The van der Waals surface area contributed by atoms with E-state index in [2.05, 4.69) is 22.9 Å². The van der Waals surface area contributed by atoms with Gasteiger partial charge in [-0.3, -0.25) is 10.2 Å². The fourth-order valence-electron chi connectivity index (χ4n) is 2.91. The topological polar surface area (TPSA) is 73.5 Å². The van der Waals surface area contributed by atoms with Gasteiger partial charge in [0.1, 0.15) is 0 Å². The van der Waals surface area contributed by atoms with Crippen molar-refractivity contribution in [3.05, 3.63) is 54.1 Å². The van der Waals surface area contributed by atoms with Crippen LogP contribution in [0.1, 0.15) is 18.9 Å². The number of nitrogens with zero attached hydrogens (tertiary/aromatic N) is 1. The molecule has 2 aromatic rings. The molecule has 6 nitrogen and oxygen atoms in total. The first kappa shape index (κ1) is 16.8. The fourth-order valence-corrected chi connectivity index (χ4v) is 2.91. The van der Waals surface area contributed by atoms with E-state index < -0.39 is 12.1 Å². The molecule has 0 aliphatic carbocycles. The zero-order valence-electron chi connectivity index (χ0n) is 14.2. The molecule has 25 heavy (non-hydrogen) atoms. The second-order valence-electron chi connectivity index (χ2n) is 5.93. The molecular formula is C19H22N4O2. The van der Waals surface area contributed by atoms with Crippen LogP contribution in [0.2, 0.25) is 0 Å². The summed E-state index contributed by atoms with van der Waals surface area (Å²) in [7, 11) is 0. The molecule has 3 N–H and O–H groups in total. The minimum Gasteiger partial charge on any atom is -0.382 e. The molecule has 0 saturated carbocycles. The summed E-state index contributed by atoms with van der Waals surface area (Å²) in [5, 5.41) is 8.36. The number of hydrogen-bond acceptors (Lipinski definition) is 3. The molecule has 1 heterocycles. The van der Waals surface area contributed by atoms with Crippen molar-refractivity contribution in [2.45, 2.75) is 19.8 Å². The van der Waals surface area contributed by atoms with Crippen LogP contribution < -0.4 is 20.9 Å². The maximum atomic E-state index is 12.5. The Morgan fingerprint density at radius 1 is 1.16 bits per heavy atom. The van der Waals surface area contributed by atoms with Crippen molar-refractivity contribution in [3.63, 3.8) is 0 Å². The molecule has 0 spiro atoms. The molecule has 0 saturated heterocycles. The van der Waals surface area contributed by atoms with E-state index in [1.165, 1.54) is 0 Å². The molecule has 130 valence electrons. The lowest BCUT2D eigenvalue weighted by atomic mass is 10.1. The highest BCUT2D eigenvalue weighted by atomic mass is 16.2. The number of fused-ring (bicyclic) bond motifs is 1. The van der Waals surface area contributed by atoms with E-state index in [0.717, 1.165) is 29.8 Å². The summed E-state index contributed by atoms with van der Waals surface area (Å²) in [4.78, 5) is 26.2. The lowest BCUT2D eigenvalue weighted by Gasteiger charge is -2.30. The van der Waals surface area contributed by atoms with E-state index in [1.54, 1.807) is 4.90 Å². The molecule has 1 aliphatic rings. The first-order valence-electron chi connectivity index (χ1n) is 8.48. The first-order chi connectivity index (χ1) is 12.2. The predicted octanol–water partition coefficient (Wildman–Crippen LogP) is 3.81. The highest BCUT2D eigenvalue weighted by Gasteiger charge is 2.23. The highest BCUT2D eigenvalue weighted by Crippen LogP contribution is 2.28. The summed E-state index contributed by atoms with van der Waals surface area (Å²) >= 11 is 0. The van der Waals surface area contributed by atoms with Crippen molar-refractivity contribution in [2.24, 2.45) is 0 Å². The van der Waals surface area contributed by atoms with E-state index in [9.17, 15) is 9.59 Å². The van der Waals surface area contributed by atoms with Gasteiger partial charge in [-0.05, 0) is 36.2 Å². The second kappa shape index (κ2) is 7.70. The maximum Gasteiger partial charge on any atom is 0.330 e. The number of benzene rings is 2. The number of anilines is 3. The van der Waals surface area contributed by atoms with Gasteiger partial charge in [0, 0.05) is 18.8 Å². The standard InChI is InChI=1S/C19H22N4O2/c1-2-6-14-7-5-8-15(13-14)21-18(24)22-19(25)23-12-11-20-16-9-3-4-10-17(16)23/h3-5,7-10,13,20H,2,6,11-12H2,1H3,(H2,21,22,24,25). The summed E-state index contributed by atoms with van der Waals surface area (Å²) < 4.78 is 0. The van der Waals surface area contributed by atoms with Crippen LogP contribution in [-0.4, -0.2) is 25.2 Å². The van der Waals surface area contributed by atoms with Gasteiger partial charge in [-0.25, -0.2) is 9.59 Å². The van der Waals surface area contributed by atoms with Gasteiger partial charge < -0.3 is 10.6 Å². The molecule has 1 aliphatic heterocycles. The van der Waals surface area contributed by atoms with Gasteiger partial charge in [-0.2, -0.15) is 0 Å². The molecule has 6 heteroatoms. The number of nitrogens with one attached hydrogen (secondary N) is 3. The quantitative estimate of drug-likeness (QED) is 0.797. The SMILES string of the molecule is CCCc1cccc(NC(=O)NC(=O)N2CCNc3ccccc32)c1. The molecule has 2 aromatic carbocycles. The van der Waals surface area contributed by atoms with Crippen molar-refractivity contribution >= 4 is 29.1 Å². The van der Waals surface area contributed by atoms with Gasteiger partial charge in [0.05, 0.1) is 11.4 Å². The summed E-state index contributed by atoms with van der Waals surface area (Å²) in [6.07, 6.45) is 1.99. The van der Waals surface area contributed by atoms with Crippen LogP contribution in [0.15, 0.2) is 48.5 Å². The molecular weight excluding hydrogens is 316 g/mol. The van der Waals surface area contributed by atoms with E-state index in [0.29, 0.717) is 18.8 Å². The van der Waals surface area contributed by atoms with Gasteiger partial charge in [0.25, 0.3) is 0 Å². The molecule has 0 fully saturated rings. The third-order valence-corrected chi connectivity index (χ3v) is 4.03. The number of rotatable bonds is 3. The molecule has 0 aromatic heterocycles. The van der Waals surface area contributed by atoms with Gasteiger partial charge in [0.15, 0.2) is 0 Å².